The van der Waals surface area contributed by atoms with Crippen molar-refractivity contribution in [3.63, 3.8) is 0 Å². The van der Waals surface area contributed by atoms with Crippen molar-refractivity contribution in [2.24, 2.45) is 0 Å². The fraction of sp³-hybridized carbons (Fsp3) is 0.286. The van der Waals surface area contributed by atoms with Crippen LogP contribution in [0.3, 0.4) is 0 Å². The van der Waals surface area contributed by atoms with Gasteiger partial charge in [0, 0.05) is 38.6 Å². The topological polar surface area (TPSA) is 62.2 Å². The highest BCUT2D eigenvalue weighted by Gasteiger charge is 2.23. The Morgan fingerprint density at radius 2 is 1.85 bits per heavy atom. The number of anilines is 1. The Morgan fingerprint density at radius 1 is 1.00 bits per heavy atom. The van der Waals surface area contributed by atoms with Crippen molar-refractivity contribution in [1.82, 2.24) is 20.1 Å². The van der Waals surface area contributed by atoms with Crippen LogP contribution in [-0.2, 0) is 0 Å². The van der Waals surface area contributed by atoms with E-state index in [1.807, 2.05) is 23.1 Å². The second-order valence-electron chi connectivity index (χ2n) is 4.58. The average Bonchev–Trinajstić information content (AvgIpc) is 2.56. The molecule has 1 aliphatic heterocycles. The van der Waals surface area contributed by atoms with E-state index in [-0.39, 0.29) is 5.91 Å². The molecule has 6 heteroatoms. The van der Waals surface area contributed by atoms with Crippen molar-refractivity contribution >= 4 is 11.7 Å². The molecule has 2 aromatic rings. The summed E-state index contributed by atoms with van der Waals surface area (Å²) in [7, 11) is 0. The van der Waals surface area contributed by atoms with Gasteiger partial charge in [-0.2, -0.15) is 5.10 Å². The van der Waals surface area contributed by atoms with Gasteiger partial charge in [-0.3, -0.25) is 4.79 Å². The van der Waals surface area contributed by atoms with Crippen LogP contribution in [0.15, 0.2) is 42.7 Å². The summed E-state index contributed by atoms with van der Waals surface area (Å²) in [5.41, 5.74) is 0.402. The lowest BCUT2D eigenvalue weighted by Crippen LogP contribution is -2.49. The van der Waals surface area contributed by atoms with Crippen molar-refractivity contribution in [2.45, 2.75) is 0 Å². The van der Waals surface area contributed by atoms with Gasteiger partial charge < -0.3 is 9.80 Å². The number of hydrogen-bond donors (Lipinski definition) is 0. The lowest BCUT2D eigenvalue weighted by molar-refractivity contribution is 0.0739. The first kappa shape index (κ1) is 12.5. The number of carbonyl (C=O) groups is 1. The lowest BCUT2D eigenvalue weighted by Gasteiger charge is -2.35. The largest absolute Gasteiger partial charge is 0.353 e. The van der Waals surface area contributed by atoms with Crippen LogP contribution in [0, 0.1) is 0 Å². The van der Waals surface area contributed by atoms with Crippen LogP contribution in [0.1, 0.15) is 10.5 Å². The van der Waals surface area contributed by atoms with E-state index in [4.69, 9.17) is 0 Å². The second kappa shape index (κ2) is 5.64. The first-order valence-corrected chi connectivity index (χ1v) is 6.57. The summed E-state index contributed by atoms with van der Waals surface area (Å²) >= 11 is 0. The lowest BCUT2D eigenvalue weighted by atomic mass is 10.2. The van der Waals surface area contributed by atoms with Crippen LogP contribution in [-0.4, -0.2) is 52.2 Å². The number of aromatic nitrogens is 3. The molecule has 20 heavy (non-hydrogen) atoms. The molecule has 0 bridgehead atoms. The van der Waals surface area contributed by atoms with E-state index in [0.717, 1.165) is 18.9 Å². The Labute approximate surface area is 117 Å². The summed E-state index contributed by atoms with van der Waals surface area (Å²) < 4.78 is 0. The van der Waals surface area contributed by atoms with Crippen LogP contribution in [0.2, 0.25) is 0 Å². The van der Waals surface area contributed by atoms with E-state index in [1.54, 1.807) is 24.5 Å². The van der Waals surface area contributed by atoms with Crippen LogP contribution < -0.4 is 4.90 Å². The van der Waals surface area contributed by atoms with E-state index in [0.29, 0.717) is 18.8 Å². The molecule has 0 radical (unpaired) electrons. The second-order valence-corrected chi connectivity index (χ2v) is 4.58. The van der Waals surface area contributed by atoms with Crippen LogP contribution >= 0.6 is 0 Å². The molecule has 1 saturated heterocycles. The van der Waals surface area contributed by atoms with Crippen LogP contribution in [0.5, 0.6) is 0 Å². The smallest absolute Gasteiger partial charge is 0.274 e. The van der Waals surface area contributed by atoms with Gasteiger partial charge in [-0.15, -0.1) is 5.10 Å². The minimum absolute atomic E-state index is 0.0567. The van der Waals surface area contributed by atoms with E-state index in [2.05, 4.69) is 20.1 Å². The molecule has 102 valence electrons. The molecule has 0 atom stereocenters. The summed E-state index contributed by atoms with van der Waals surface area (Å²) in [5.74, 6) is 0.901. The molecule has 0 N–H and O–H groups in total. The van der Waals surface area contributed by atoms with Crippen LogP contribution in [0.4, 0.5) is 5.82 Å². The number of piperazine rings is 1. The maximum absolute atomic E-state index is 12.2. The maximum Gasteiger partial charge on any atom is 0.274 e. The highest BCUT2D eigenvalue weighted by molar-refractivity contribution is 5.92. The SMILES string of the molecule is O=C(c1cccnn1)N1CCN(c2ccccn2)CC1. The Morgan fingerprint density at radius 3 is 2.50 bits per heavy atom. The zero-order chi connectivity index (χ0) is 13.8. The summed E-state index contributed by atoms with van der Waals surface area (Å²) in [5, 5.41) is 7.61. The minimum atomic E-state index is -0.0567. The maximum atomic E-state index is 12.2. The molecule has 0 aliphatic carbocycles. The van der Waals surface area contributed by atoms with Crippen molar-refractivity contribution in [3.8, 4) is 0 Å². The van der Waals surface area contributed by atoms with Crippen molar-refractivity contribution < 1.29 is 4.79 Å². The number of amides is 1. The highest BCUT2D eigenvalue weighted by atomic mass is 16.2. The van der Waals surface area contributed by atoms with E-state index in [1.165, 1.54) is 0 Å². The highest BCUT2D eigenvalue weighted by Crippen LogP contribution is 2.13. The molecule has 2 aromatic heterocycles. The summed E-state index contributed by atoms with van der Waals surface area (Å²) in [6, 6.07) is 9.28. The molecule has 1 aliphatic rings. The molecule has 0 unspecified atom stereocenters. The molecule has 3 rings (SSSR count). The summed E-state index contributed by atoms with van der Waals surface area (Å²) in [4.78, 5) is 20.6. The first-order valence-electron chi connectivity index (χ1n) is 6.57. The van der Waals surface area contributed by atoms with Gasteiger partial charge in [0.2, 0.25) is 0 Å². The third-order valence-electron chi connectivity index (χ3n) is 3.33. The van der Waals surface area contributed by atoms with Gasteiger partial charge in [0.05, 0.1) is 0 Å². The monoisotopic (exact) mass is 269 g/mol. The van der Waals surface area contributed by atoms with Gasteiger partial charge in [0.15, 0.2) is 5.69 Å². The molecular formula is C14H15N5O. The predicted molar refractivity (Wildman–Crippen MR) is 74.4 cm³/mol. The van der Waals surface area contributed by atoms with Crippen molar-refractivity contribution in [3.05, 3.63) is 48.4 Å². The van der Waals surface area contributed by atoms with E-state index >= 15 is 0 Å². The Hall–Kier alpha value is -2.50. The van der Waals surface area contributed by atoms with Gasteiger partial charge in [0.1, 0.15) is 5.82 Å². The minimum Gasteiger partial charge on any atom is -0.353 e. The molecule has 3 heterocycles. The average molecular weight is 269 g/mol. The molecule has 0 aromatic carbocycles. The van der Waals surface area contributed by atoms with Crippen LogP contribution in [0.25, 0.3) is 0 Å². The van der Waals surface area contributed by atoms with Gasteiger partial charge in [-0.25, -0.2) is 4.98 Å². The first-order chi connectivity index (χ1) is 9.84. The summed E-state index contributed by atoms with van der Waals surface area (Å²) in [6.07, 6.45) is 3.35. The van der Waals surface area contributed by atoms with Gasteiger partial charge in [-0.1, -0.05) is 6.07 Å². The molecular weight excluding hydrogens is 254 g/mol. The Bertz CT molecular complexity index is 567. The molecule has 1 fully saturated rings. The zero-order valence-electron chi connectivity index (χ0n) is 11.0. The van der Waals surface area contributed by atoms with Gasteiger partial charge >= 0.3 is 0 Å². The van der Waals surface area contributed by atoms with Crippen molar-refractivity contribution in [1.29, 1.82) is 0 Å². The fourth-order valence-corrected chi connectivity index (χ4v) is 2.26. The number of pyridine rings is 1. The van der Waals surface area contributed by atoms with E-state index in [9.17, 15) is 4.79 Å². The Balaban J connectivity index is 1.63. The standard InChI is InChI=1S/C14H15N5O/c20-14(12-4-3-7-16-17-12)19-10-8-18(9-11-19)13-5-1-2-6-15-13/h1-7H,8-11H2. The zero-order valence-corrected chi connectivity index (χ0v) is 11.0. The molecule has 0 spiro atoms. The fourth-order valence-electron chi connectivity index (χ4n) is 2.26. The number of nitrogens with zero attached hydrogens (tertiary/aromatic N) is 5. The summed E-state index contributed by atoms with van der Waals surface area (Å²) in [6.45, 7) is 2.91. The van der Waals surface area contributed by atoms with Gasteiger partial charge in [0.25, 0.3) is 5.91 Å². The quantitative estimate of drug-likeness (QED) is 0.808. The predicted octanol–water partition coefficient (Wildman–Crippen LogP) is 0.834. The molecule has 1 amide bonds. The number of hydrogen-bond acceptors (Lipinski definition) is 5. The third-order valence-corrected chi connectivity index (χ3v) is 3.33. The number of carbonyl (C=O) groups excluding carboxylic acids is 1. The third kappa shape index (κ3) is 2.59. The molecule has 0 saturated carbocycles. The number of rotatable bonds is 2. The molecule has 6 nitrogen and oxygen atoms in total. The van der Waals surface area contributed by atoms with E-state index < -0.39 is 0 Å². The Kier molecular flexibility index (Phi) is 3.54. The van der Waals surface area contributed by atoms with Crippen molar-refractivity contribution in [2.75, 3.05) is 31.1 Å². The van der Waals surface area contributed by atoms with Gasteiger partial charge in [-0.05, 0) is 24.3 Å². The normalized spacial score (nSPS) is 15.2.